The van der Waals surface area contributed by atoms with E-state index in [1.807, 2.05) is 13.0 Å². The van der Waals surface area contributed by atoms with Gasteiger partial charge < -0.3 is 4.42 Å². The van der Waals surface area contributed by atoms with Crippen LogP contribution in [0, 0.1) is 0 Å². The summed E-state index contributed by atoms with van der Waals surface area (Å²) in [5.74, 6) is 0.671. The van der Waals surface area contributed by atoms with Gasteiger partial charge in [-0.2, -0.15) is 0 Å². The molecule has 0 saturated carbocycles. The number of benzene rings is 1. The van der Waals surface area contributed by atoms with Crippen LogP contribution in [0.3, 0.4) is 0 Å². The second-order valence-corrected chi connectivity index (χ2v) is 2.77. The summed E-state index contributed by atoms with van der Waals surface area (Å²) < 4.78 is 5.40. The van der Waals surface area contributed by atoms with Gasteiger partial charge in [-0.05, 0) is 12.1 Å². The lowest BCUT2D eigenvalue weighted by atomic mass is 10.2. The average molecular weight is 175 g/mol. The smallest absolute Gasteiger partial charge is 0.195 e. The molecule has 0 atom stereocenters. The van der Waals surface area contributed by atoms with E-state index in [1.54, 1.807) is 12.1 Å². The van der Waals surface area contributed by atoms with Crippen LogP contribution in [0.4, 0.5) is 0 Å². The zero-order valence-electron chi connectivity index (χ0n) is 7.28. The molecule has 0 amide bonds. The highest BCUT2D eigenvalue weighted by Gasteiger charge is 2.06. The lowest BCUT2D eigenvalue weighted by Crippen LogP contribution is -1.78. The predicted molar refractivity (Wildman–Crippen MR) is 48.8 cm³/mol. The van der Waals surface area contributed by atoms with E-state index in [-0.39, 0.29) is 0 Å². The zero-order chi connectivity index (χ0) is 9.26. The number of carbonyl (C=O) groups is 1. The molecule has 2 aromatic rings. The third kappa shape index (κ3) is 1.22. The molecule has 1 aromatic heterocycles. The number of nitrogens with zero attached hydrogens (tertiary/aromatic N) is 1. The van der Waals surface area contributed by atoms with Crippen molar-refractivity contribution in [3.63, 3.8) is 0 Å². The molecule has 13 heavy (non-hydrogen) atoms. The summed E-state index contributed by atoms with van der Waals surface area (Å²) in [4.78, 5) is 14.8. The first-order valence-electron chi connectivity index (χ1n) is 4.18. The van der Waals surface area contributed by atoms with Gasteiger partial charge in [-0.15, -0.1) is 0 Å². The first-order chi connectivity index (χ1) is 6.35. The Morgan fingerprint density at radius 1 is 1.54 bits per heavy atom. The molecule has 0 spiro atoms. The number of fused-ring (bicyclic) bond motifs is 1. The number of aryl methyl sites for hydroxylation is 1. The van der Waals surface area contributed by atoms with Gasteiger partial charge in [0.25, 0.3) is 0 Å². The highest BCUT2D eigenvalue weighted by atomic mass is 16.3. The lowest BCUT2D eigenvalue weighted by molar-refractivity contribution is 0.112. The molecule has 0 fully saturated rings. The molecule has 0 unspecified atom stereocenters. The van der Waals surface area contributed by atoms with E-state index in [0.29, 0.717) is 17.0 Å². The summed E-state index contributed by atoms with van der Waals surface area (Å²) >= 11 is 0. The molecule has 0 saturated heterocycles. The van der Waals surface area contributed by atoms with Crippen LogP contribution in [-0.4, -0.2) is 11.3 Å². The fraction of sp³-hybridized carbons (Fsp3) is 0.200. The number of rotatable bonds is 2. The molecule has 66 valence electrons. The lowest BCUT2D eigenvalue weighted by Gasteiger charge is -1.88. The quantitative estimate of drug-likeness (QED) is 0.657. The van der Waals surface area contributed by atoms with Gasteiger partial charge in [-0.25, -0.2) is 4.98 Å². The topological polar surface area (TPSA) is 43.1 Å². The average Bonchev–Trinajstić information content (AvgIpc) is 2.59. The van der Waals surface area contributed by atoms with E-state index in [1.165, 1.54) is 0 Å². The fourth-order valence-corrected chi connectivity index (χ4v) is 1.26. The fourth-order valence-electron chi connectivity index (χ4n) is 1.26. The summed E-state index contributed by atoms with van der Waals surface area (Å²) in [6.07, 6.45) is 1.53. The molecule has 3 nitrogen and oxygen atoms in total. The van der Waals surface area contributed by atoms with Crippen molar-refractivity contribution in [3.8, 4) is 0 Å². The van der Waals surface area contributed by atoms with Crippen LogP contribution in [-0.2, 0) is 6.42 Å². The van der Waals surface area contributed by atoms with Crippen molar-refractivity contribution in [2.24, 2.45) is 0 Å². The van der Waals surface area contributed by atoms with Crippen LogP contribution in [0.15, 0.2) is 22.6 Å². The monoisotopic (exact) mass is 175 g/mol. The first-order valence-corrected chi connectivity index (χ1v) is 4.18. The maximum absolute atomic E-state index is 10.6. The van der Waals surface area contributed by atoms with Crippen LogP contribution in [0.2, 0.25) is 0 Å². The molecule has 3 heteroatoms. The molecule has 0 radical (unpaired) electrons. The highest BCUT2D eigenvalue weighted by molar-refractivity contribution is 5.92. The van der Waals surface area contributed by atoms with Crippen molar-refractivity contribution in [1.82, 2.24) is 4.98 Å². The maximum atomic E-state index is 10.6. The third-order valence-electron chi connectivity index (χ3n) is 1.92. The van der Waals surface area contributed by atoms with E-state index in [4.69, 9.17) is 4.42 Å². The summed E-state index contributed by atoms with van der Waals surface area (Å²) in [6, 6.07) is 5.36. The van der Waals surface area contributed by atoms with Gasteiger partial charge in [0.1, 0.15) is 5.52 Å². The molecular weight excluding hydrogens is 166 g/mol. The second-order valence-electron chi connectivity index (χ2n) is 2.77. The van der Waals surface area contributed by atoms with Crippen LogP contribution in [0.5, 0.6) is 0 Å². The SMILES string of the molecule is CCc1nc2cccc(C=O)c2o1. The van der Waals surface area contributed by atoms with E-state index >= 15 is 0 Å². The highest BCUT2D eigenvalue weighted by Crippen LogP contribution is 2.18. The number of carbonyl (C=O) groups excluding carboxylic acids is 1. The Morgan fingerprint density at radius 2 is 2.38 bits per heavy atom. The Balaban J connectivity index is 2.74. The van der Waals surface area contributed by atoms with Crippen molar-refractivity contribution < 1.29 is 9.21 Å². The molecule has 0 bridgehead atoms. The van der Waals surface area contributed by atoms with Crippen LogP contribution in [0.25, 0.3) is 11.1 Å². The number of hydrogen-bond donors (Lipinski definition) is 0. The second kappa shape index (κ2) is 3.01. The Morgan fingerprint density at radius 3 is 3.08 bits per heavy atom. The molecule has 2 rings (SSSR count). The summed E-state index contributed by atoms with van der Waals surface area (Å²) in [5, 5.41) is 0. The van der Waals surface area contributed by atoms with E-state index in [2.05, 4.69) is 4.98 Å². The van der Waals surface area contributed by atoms with Gasteiger partial charge in [-0.1, -0.05) is 13.0 Å². The van der Waals surface area contributed by atoms with Gasteiger partial charge in [0.15, 0.2) is 17.8 Å². The molecule has 0 aliphatic rings. The van der Waals surface area contributed by atoms with Crippen molar-refractivity contribution in [2.75, 3.05) is 0 Å². The molecule has 0 aliphatic heterocycles. The van der Waals surface area contributed by atoms with E-state index in [9.17, 15) is 4.79 Å². The Hall–Kier alpha value is -1.64. The van der Waals surface area contributed by atoms with E-state index in [0.717, 1.165) is 18.2 Å². The Labute approximate surface area is 75.4 Å². The van der Waals surface area contributed by atoms with Crippen molar-refractivity contribution >= 4 is 17.4 Å². The van der Waals surface area contributed by atoms with Crippen LogP contribution < -0.4 is 0 Å². The van der Waals surface area contributed by atoms with E-state index < -0.39 is 0 Å². The number of oxazole rings is 1. The Kier molecular flexibility index (Phi) is 1.85. The third-order valence-corrected chi connectivity index (χ3v) is 1.92. The number of aromatic nitrogens is 1. The van der Waals surface area contributed by atoms with Crippen molar-refractivity contribution in [3.05, 3.63) is 29.7 Å². The molecule has 1 heterocycles. The van der Waals surface area contributed by atoms with Crippen LogP contribution in [0.1, 0.15) is 23.2 Å². The van der Waals surface area contributed by atoms with Gasteiger partial charge in [0.05, 0.1) is 5.56 Å². The Bertz CT molecular complexity index is 445. The minimum absolute atomic E-state index is 0.560. The minimum atomic E-state index is 0.560. The number of para-hydroxylation sites is 1. The van der Waals surface area contributed by atoms with Gasteiger partial charge in [-0.3, -0.25) is 4.79 Å². The normalized spacial score (nSPS) is 10.5. The van der Waals surface area contributed by atoms with Crippen molar-refractivity contribution in [1.29, 1.82) is 0 Å². The molecular formula is C10H9NO2. The van der Waals surface area contributed by atoms with Crippen molar-refractivity contribution in [2.45, 2.75) is 13.3 Å². The summed E-state index contributed by atoms with van der Waals surface area (Å²) in [7, 11) is 0. The standard InChI is InChI=1S/C10H9NO2/c1-2-9-11-8-5-3-4-7(6-12)10(8)13-9/h3-6H,2H2,1H3. The largest absolute Gasteiger partial charge is 0.440 e. The molecule has 1 aromatic carbocycles. The summed E-state index contributed by atoms with van der Waals surface area (Å²) in [5.41, 5.74) is 1.90. The summed E-state index contributed by atoms with van der Waals surface area (Å²) in [6.45, 7) is 1.96. The number of hydrogen-bond acceptors (Lipinski definition) is 3. The van der Waals surface area contributed by atoms with Gasteiger partial charge in [0.2, 0.25) is 0 Å². The predicted octanol–water partition coefficient (Wildman–Crippen LogP) is 2.20. The molecule has 0 N–H and O–H groups in total. The maximum Gasteiger partial charge on any atom is 0.195 e. The van der Waals surface area contributed by atoms with Crippen LogP contribution >= 0.6 is 0 Å². The van der Waals surface area contributed by atoms with Gasteiger partial charge in [0, 0.05) is 6.42 Å². The van der Waals surface area contributed by atoms with Gasteiger partial charge >= 0.3 is 0 Å². The number of aldehydes is 1. The minimum Gasteiger partial charge on any atom is -0.440 e. The zero-order valence-corrected chi connectivity index (χ0v) is 7.28. The first kappa shape index (κ1) is 7.98. The molecule has 0 aliphatic carbocycles.